The van der Waals surface area contributed by atoms with Crippen molar-refractivity contribution < 1.29 is 23.1 Å². The molecule has 1 rings (SSSR count). The average Bonchev–Trinajstić information content (AvgIpc) is 2.28. The third-order valence-corrected chi connectivity index (χ3v) is 5.04. The summed E-state index contributed by atoms with van der Waals surface area (Å²) in [6, 6.07) is 0. The normalized spacial score (nSPS) is 25.7. The number of hydrogen-bond acceptors (Lipinski definition) is 4. The van der Waals surface area contributed by atoms with E-state index in [2.05, 4.69) is 0 Å². The number of carboxylic acids is 1. The summed E-state index contributed by atoms with van der Waals surface area (Å²) in [7, 11) is -3.12. The van der Waals surface area contributed by atoms with E-state index in [1.807, 2.05) is 0 Å². The number of carbonyl (C=O) groups is 1. The van der Waals surface area contributed by atoms with Gasteiger partial charge in [-0.05, 0) is 25.7 Å². The molecular formula is C11H20O5S. The van der Waals surface area contributed by atoms with Gasteiger partial charge in [0.1, 0.15) is 9.84 Å². The molecule has 1 N–H and O–H groups in total. The molecule has 0 aromatic carbocycles. The first-order chi connectivity index (χ1) is 7.92. The second kappa shape index (κ2) is 5.82. The van der Waals surface area contributed by atoms with Crippen LogP contribution in [0, 0.1) is 5.41 Å². The maximum atomic E-state index is 11.6. The van der Waals surface area contributed by atoms with Gasteiger partial charge in [-0.15, -0.1) is 0 Å². The second-order valence-corrected chi connectivity index (χ2v) is 6.95. The fraction of sp³-hybridized carbons (Fsp3) is 0.909. The average molecular weight is 264 g/mol. The summed E-state index contributed by atoms with van der Waals surface area (Å²) < 4.78 is 28.4. The Bertz CT molecular complexity index is 354. The van der Waals surface area contributed by atoms with E-state index in [-0.39, 0.29) is 24.5 Å². The van der Waals surface area contributed by atoms with E-state index < -0.39 is 21.2 Å². The number of rotatable bonds is 6. The van der Waals surface area contributed by atoms with Gasteiger partial charge in [0, 0.05) is 12.4 Å². The summed E-state index contributed by atoms with van der Waals surface area (Å²) in [4.78, 5) is 11.3. The van der Waals surface area contributed by atoms with Crippen LogP contribution in [0.1, 0.15) is 32.6 Å². The number of carboxylic acid groups (broad SMARTS) is 1. The van der Waals surface area contributed by atoms with Gasteiger partial charge in [-0.1, -0.05) is 6.92 Å². The van der Waals surface area contributed by atoms with E-state index in [9.17, 15) is 18.3 Å². The van der Waals surface area contributed by atoms with Crippen LogP contribution in [0.4, 0.5) is 0 Å². The third kappa shape index (κ3) is 3.96. The molecule has 0 aliphatic carbocycles. The van der Waals surface area contributed by atoms with Crippen LogP contribution in [-0.2, 0) is 19.4 Å². The molecule has 5 nitrogen and oxygen atoms in total. The highest BCUT2D eigenvalue weighted by molar-refractivity contribution is 7.91. The van der Waals surface area contributed by atoms with Crippen molar-refractivity contribution in [2.75, 3.05) is 24.7 Å². The van der Waals surface area contributed by atoms with Gasteiger partial charge in [0.15, 0.2) is 0 Å². The van der Waals surface area contributed by atoms with E-state index >= 15 is 0 Å². The highest BCUT2D eigenvalue weighted by atomic mass is 32.2. The number of sulfone groups is 1. The molecule has 0 radical (unpaired) electrons. The fourth-order valence-electron chi connectivity index (χ4n) is 2.09. The van der Waals surface area contributed by atoms with Gasteiger partial charge in [0.25, 0.3) is 0 Å². The highest BCUT2D eigenvalue weighted by Gasteiger charge is 2.41. The smallest absolute Gasteiger partial charge is 0.312 e. The van der Waals surface area contributed by atoms with E-state index in [1.54, 1.807) is 6.92 Å². The monoisotopic (exact) mass is 264 g/mol. The summed E-state index contributed by atoms with van der Waals surface area (Å²) in [6.07, 6.45) is 1.91. The first kappa shape index (κ1) is 14.4. The van der Waals surface area contributed by atoms with Gasteiger partial charge >= 0.3 is 5.97 Å². The number of hydrogen-bond donors (Lipinski definition) is 1. The van der Waals surface area contributed by atoms with Crippen LogP contribution in [0.15, 0.2) is 0 Å². The maximum Gasteiger partial charge on any atom is 0.312 e. The Morgan fingerprint density at radius 2 is 2.12 bits per heavy atom. The molecule has 1 aliphatic rings. The predicted octanol–water partition coefficient (Wildman–Crippen LogP) is 1.08. The van der Waals surface area contributed by atoms with Gasteiger partial charge < -0.3 is 9.84 Å². The minimum Gasteiger partial charge on any atom is -0.481 e. The lowest BCUT2D eigenvalue weighted by molar-refractivity contribution is -0.157. The molecule has 6 heteroatoms. The van der Waals surface area contributed by atoms with Crippen molar-refractivity contribution in [3.8, 4) is 0 Å². The van der Waals surface area contributed by atoms with Crippen molar-refractivity contribution in [1.29, 1.82) is 0 Å². The lowest BCUT2D eigenvalue weighted by atomic mass is 9.80. The molecule has 0 amide bonds. The standard InChI is InChI=1S/C11H20O5S/c1-2-7-17(14,15)8-5-11(10(12)13)4-3-6-16-9-11/h2-9H2,1H3,(H,12,13). The number of aliphatic carboxylic acids is 1. The second-order valence-electron chi connectivity index (χ2n) is 4.64. The van der Waals surface area contributed by atoms with E-state index in [0.717, 1.165) is 0 Å². The first-order valence-corrected chi connectivity index (χ1v) is 7.75. The Balaban J connectivity index is 2.65. The summed E-state index contributed by atoms with van der Waals surface area (Å²) in [5.41, 5.74) is -1.00. The molecule has 1 fully saturated rings. The summed E-state index contributed by atoms with van der Waals surface area (Å²) in [5, 5.41) is 9.24. The van der Waals surface area contributed by atoms with Crippen LogP contribution in [0.2, 0.25) is 0 Å². The Morgan fingerprint density at radius 1 is 1.41 bits per heavy atom. The van der Waals surface area contributed by atoms with E-state index in [1.165, 1.54) is 0 Å². The summed E-state index contributed by atoms with van der Waals surface area (Å²) in [6.45, 7) is 2.49. The van der Waals surface area contributed by atoms with Gasteiger partial charge in [0.2, 0.25) is 0 Å². The zero-order valence-corrected chi connectivity index (χ0v) is 11.0. The number of ether oxygens (including phenoxy) is 1. The lowest BCUT2D eigenvalue weighted by Gasteiger charge is -2.32. The molecule has 0 saturated carbocycles. The lowest BCUT2D eigenvalue weighted by Crippen LogP contribution is -2.41. The van der Waals surface area contributed by atoms with Gasteiger partial charge in [-0.2, -0.15) is 0 Å². The zero-order chi connectivity index (χ0) is 12.9. The quantitative estimate of drug-likeness (QED) is 0.776. The van der Waals surface area contributed by atoms with Crippen molar-refractivity contribution in [2.45, 2.75) is 32.6 Å². The molecule has 0 spiro atoms. The van der Waals surface area contributed by atoms with E-state index in [0.29, 0.717) is 25.9 Å². The first-order valence-electron chi connectivity index (χ1n) is 5.93. The molecule has 0 bridgehead atoms. The fourth-order valence-corrected chi connectivity index (χ4v) is 3.62. The third-order valence-electron chi connectivity index (χ3n) is 3.18. The summed E-state index contributed by atoms with van der Waals surface area (Å²) in [5.74, 6) is -0.871. The SMILES string of the molecule is CCCS(=O)(=O)CCC1(C(=O)O)CCCOC1. The molecule has 100 valence electrons. The van der Waals surface area contributed by atoms with Crippen LogP contribution in [-0.4, -0.2) is 44.2 Å². The van der Waals surface area contributed by atoms with Gasteiger partial charge in [-0.25, -0.2) is 8.42 Å². The van der Waals surface area contributed by atoms with Crippen LogP contribution < -0.4 is 0 Å². The Kier molecular flexibility index (Phi) is 4.94. The molecule has 1 saturated heterocycles. The molecule has 1 aliphatic heterocycles. The Labute approximate surface area is 102 Å². The molecule has 0 aromatic rings. The molecule has 1 atom stereocenters. The van der Waals surface area contributed by atoms with Crippen LogP contribution in [0.3, 0.4) is 0 Å². The highest BCUT2D eigenvalue weighted by Crippen LogP contribution is 2.33. The minimum atomic E-state index is -3.12. The molecule has 17 heavy (non-hydrogen) atoms. The van der Waals surface area contributed by atoms with Crippen molar-refractivity contribution in [1.82, 2.24) is 0 Å². The Hall–Kier alpha value is -0.620. The van der Waals surface area contributed by atoms with Crippen LogP contribution in [0.25, 0.3) is 0 Å². The Morgan fingerprint density at radius 3 is 2.59 bits per heavy atom. The van der Waals surface area contributed by atoms with Gasteiger partial charge in [0.05, 0.1) is 17.8 Å². The molecular weight excluding hydrogens is 244 g/mol. The van der Waals surface area contributed by atoms with Crippen LogP contribution >= 0.6 is 0 Å². The molecule has 1 unspecified atom stereocenters. The van der Waals surface area contributed by atoms with Crippen LogP contribution in [0.5, 0.6) is 0 Å². The largest absolute Gasteiger partial charge is 0.481 e. The maximum absolute atomic E-state index is 11.6. The van der Waals surface area contributed by atoms with Crippen molar-refractivity contribution in [2.24, 2.45) is 5.41 Å². The topological polar surface area (TPSA) is 80.7 Å². The van der Waals surface area contributed by atoms with Crippen molar-refractivity contribution >= 4 is 15.8 Å². The van der Waals surface area contributed by atoms with E-state index in [4.69, 9.17) is 4.74 Å². The summed E-state index contributed by atoms with van der Waals surface area (Å²) >= 11 is 0. The molecule has 0 aromatic heterocycles. The van der Waals surface area contributed by atoms with Crippen molar-refractivity contribution in [3.05, 3.63) is 0 Å². The molecule has 1 heterocycles. The van der Waals surface area contributed by atoms with Crippen molar-refractivity contribution in [3.63, 3.8) is 0 Å². The predicted molar refractivity (Wildman–Crippen MR) is 63.7 cm³/mol. The van der Waals surface area contributed by atoms with Gasteiger partial charge in [-0.3, -0.25) is 4.79 Å². The zero-order valence-electron chi connectivity index (χ0n) is 10.1. The minimum absolute atomic E-state index is 0.0590.